The maximum absolute atomic E-state index is 12.5. The third-order valence-corrected chi connectivity index (χ3v) is 10.3. The number of rotatable bonds is 43. The van der Waals surface area contributed by atoms with E-state index < -0.39 is 6.16 Å². The molecule has 0 radical (unpaired) electrons. The van der Waals surface area contributed by atoms with Gasteiger partial charge in [-0.3, -0.25) is 4.79 Å². The summed E-state index contributed by atoms with van der Waals surface area (Å²) in [6, 6.07) is 0. The van der Waals surface area contributed by atoms with E-state index in [4.69, 9.17) is 24.1 Å². The van der Waals surface area contributed by atoms with Gasteiger partial charge < -0.3 is 29.0 Å². The summed E-state index contributed by atoms with van der Waals surface area (Å²) in [5, 5.41) is 9.05. The Hall–Kier alpha value is -1.38. The van der Waals surface area contributed by atoms with Gasteiger partial charge in [-0.15, -0.1) is 0 Å². The lowest BCUT2D eigenvalue weighted by molar-refractivity contribution is -0.143. The van der Waals surface area contributed by atoms with Gasteiger partial charge in [0.15, 0.2) is 0 Å². The molecule has 0 spiro atoms. The van der Waals surface area contributed by atoms with Crippen molar-refractivity contribution in [2.24, 2.45) is 0 Å². The Kier molecular flexibility index (Phi) is 42.2. The van der Waals surface area contributed by atoms with E-state index >= 15 is 0 Å². The average Bonchev–Trinajstić information content (AvgIpc) is 3.15. The second-order valence-electron chi connectivity index (χ2n) is 15.4. The Morgan fingerprint density at radius 1 is 0.472 bits per heavy atom. The maximum Gasteiger partial charge on any atom is 0.508 e. The molecule has 0 aliphatic rings. The molecule has 0 bridgehead atoms. The van der Waals surface area contributed by atoms with Crippen LogP contribution in [0.15, 0.2) is 0 Å². The fourth-order valence-corrected chi connectivity index (χ4v) is 6.83. The molecule has 0 rings (SSSR count). The number of aliphatic hydroxyl groups excluding tert-OH is 1. The molecule has 8 heteroatoms. The molecule has 0 fully saturated rings. The number of esters is 1. The number of hydrogen-bond donors (Lipinski definition) is 1. The summed E-state index contributed by atoms with van der Waals surface area (Å²) in [6.45, 7) is 11.6. The molecule has 316 valence electrons. The van der Waals surface area contributed by atoms with Gasteiger partial charge in [0, 0.05) is 13.0 Å². The van der Waals surface area contributed by atoms with Gasteiger partial charge in [0.2, 0.25) is 0 Å². The molecule has 1 N–H and O–H groups in total. The maximum atomic E-state index is 12.5. The van der Waals surface area contributed by atoms with Crippen LogP contribution in [0, 0.1) is 0 Å². The molecule has 0 saturated heterocycles. The van der Waals surface area contributed by atoms with Crippen LogP contribution in [0.5, 0.6) is 0 Å². The van der Waals surface area contributed by atoms with Gasteiger partial charge >= 0.3 is 12.1 Å². The molecule has 0 saturated carbocycles. The van der Waals surface area contributed by atoms with Gasteiger partial charge in [0.05, 0.1) is 33.0 Å². The molecule has 0 unspecified atom stereocenters. The quantitative estimate of drug-likeness (QED) is 0.0485. The zero-order chi connectivity index (χ0) is 38.7. The van der Waals surface area contributed by atoms with E-state index in [0.29, 0.717) is 32.8 Å². The molecule has 0 aromatic rings. The van der Waals surface area contributed by atoms with Gasteiger partial charge in [-0.05, 0) is 70.9 Å². The van der Waals surface area contributed by atoms with E-state index in [1.807, 2.05) is 0 Å². The number of nitrogens with zero attached hydrogens (tertiary/aromatic N) is 1. The van der Waals surface area contributed by atoms with E-state index in [9.17, 15) is 9.59 Å². The molecule has 0 aromatic carbocycles. The minimum atomic E-state index is -0.493. The highest BCUT2D eigenvalue weighted by Crippen LogP contribution is 2.18. The summed E-state index contributed by atoms with van der Waals surface area (Å²) in [6.07, 6.45) is 35.2. The zero-order valence-corrected chi connectivity index (χ0v) is 35.5. The number of ether oxygens (including phenoxy) is 4. The van der Waals surface area contributed by atoms with Crippen molar-refractivity contribution in [2.45, 2.75) is 226 Å². The van der Waals surface area contributed by atoms with E-state index in [-0.39, 0.29) is 18.7 Å². The molecular formula is C45H89NO7. The third kappa shape index (κ3) is 40.1. The van der Waals surface area contributed by atoms with E-state index in [2.05, 4.69) is 25.7 Å². The number of carbonyl (C=O) groups excluding carboxylic acids is 2. The Labute approximate surface area is 328 Å². The SMILES string of the molecule is CCCCCCCCCCCOC(=O)CCCCCN(CCCCCCOC(=O)OC(CCCCCCCC)CCCCCCCC)CCOCCO. The monoisotopic (exact) mass is 756 g/mol. The summed E-state index contributed by atoms with van der Waals surface area (Å²) >= 11 is 0. The van der Waals surface area contributed by atoms with Crippen LogP contribution in [0.4, 0.5) is 4.79 Å². The van der Waals surface area contributed by atoms with Crippen LogP contribution in [-0.2, 0) is 23.7 Å². The molecule has 0 aromatic heterocycles. The topological polar surface area (TPSA) is 94.5 Å². The number of aliphatic hydroxyl groups is 1. The van der Waals surface area contributed by atoms with Crippen LogP contribution in [0.2, 0.25) is 0 Å². The van der Waals surface area contributed by atoms with Crippen molar-refractivity contribution < 1.29 is 33.6 Å². The number of hydrogen-bond acceptors (Lipinski definition) is 8. The molecule has 0 atom stereocenters. The molecule has 53 heavy (non-hydrogen) atoms. The minimum Gasteiger partial charge on any atom is -0.466 e. The third-order valence-electron chi connectivity index (χ3n) is 10.3. The largest absolute Gasteiger partial charge is 0.508 e. The summed E-state index contributed by atoms with van der Waals surface area (Å²) in [4.78, 5) is 27.1. The predicted octanol–water partition coefficient (Wildman–Crippen LogP) is 12.5. The van der Waals surface area contributed by atoms with Crippen molar-refractivity contribution in [1.82, 2.24) is 4.90 Å². The Balaban J connectivity index is 4.17. The number of unbranched alkanes of at least 4 members (excludes halogenated alkanes) is 23. The predicted molar refractivity (Wildman–Crippen MR) is 222 cm³/mol. The van der Waals surface area contributed by atoms with Crippen LogP contribution in [0.25, 0.3) is 0 Å². The second-order valence-corrected chi connectivity index (χ2v) is 15.4. The van der Waals surface area contributed by atoms with Crippen LogP contribution in [-0.4, -0.2) is 80.9 Å². The Morgan fingerprint density at radius 3 is 1.42 bits per heavy atom. The normalized spacial score (nSPS) is 11.5. The summed E-state index contributed by atoms with van der Waals surface area (Å²) in [5.74, 6) is -0.0581. The van der Waals surface area contributed by atoms with E-state index in [1.54, 1.807) is 0 Å². The van der Waals surface area contributed by atoms with Crippen LogP contribution in [0.3, 0.4) is 0 Å². The van der Waals surface area contributed by atoms with Gasteiger partial charge in [-0.2, -0.15) is 0 Å². The van der Waals surface area contributed by atoms with Crippen molar-refractivity contribution in [1.29, 1.82) is 0 Å². The summed E-state index contributed by atoms with van der Waals surface area (Å²) < 4.78 is 22.3. The first-order valence-corrected chi connectivity index (χ1v) is 23.0. The van der Waals surface area contributed by atoms with Gasteiger partial charge in [0.25, 0.3) is 0 Å². The fraction of sp³-hybridized carbons (Fsp3) is 0.956. The van der Waals surface area contributed by atoms with Crippen molar-refractivity contribution in [3.05, 3.63) is 0 Å². The highest BCUT2D eigenvalue weighted by molar-refractivity contribution is 5.69. The van der Waals surface area contributed by atoms with Crippen molar-refractivity contribution in [3.63, 3.8) is 0 Å². The second kappa shape index (κ2) is 43.3. The zero-order valence-electron chi connectivity index (χ0n) is 35.5. The smallest absolute Gasteiger partial charge is 0.466 e. The standard InChI is InChI=1S/C45H89NO7/c1-4-7-10-13-16-17-18-22-30-39-51-44(48)34-27-24-29-36-46(37-41-50-42-38-47)35-28-21-23-31-40-52-45(49)53-43(32-25-19-14-11-8-5-2)33-26-20-15-12-9-6-3/h43,47H,4-42H2,1-3H3. The lowest BCUT2D eigenvalue weighted by atomic mass is 10.0. The van der Waals surface area contributed by atoms with Gasteiger partial charge in [0.1, 0.15) is 6.10 Å². The molecular weight excluding hydrogens is 666 g/mol. The van der Waals surface area contributed by atoms with E-state index in [0.717, 1.165) is 103 Å². The molecule has 0 aliphatic carbocycles. The molecule has 0 amide bonds. The van der Waals surface area contributed by atoms with Crippen molar-refractivity contribution >= 4 is 12.1 Å². The van der Waals surface area contributed by atoms with E-state index in [1.165, 1.54) is 109 Å². The lowest BCUT2D eigenvalue weighted by Gasteiger charge is -2.22. The highest BCUT2D eigenvalue weighted by atomic mass is 16.7. The minimum absolute atomic E-state index is 0.0182. The van der Waals surface area contributed by atoms with Crippen LogP contribution < -0.4 is 0 Å². The lowest BCUT2D eigenvalue weighted by Crippen LogP contribution is -2.30. The fourth-order valence-electron chi connectivity index (χ4n) is 6.83. The molecule has 0 heterocycles. The molecule has 8 nitrogen and oxygen atoms in total. The van der Waals surface area contributed by atoms with Crippen molar-refractivity contribution in [3.8, 4) is 0 Å². The highest BCUT2D eigenvalue weighted by Gasteiger charge is 2.15. The Morgan fingerprint density at radius 2 is 0.906 bits per heavy atom. The summed E-state index contributed by atoms with van der Waals surface area (Å²) in [5.41, 5.74) is 0. The summed E-state index contributed by atoms with van der Waals surface area (Å²) in [7, 11) is 0. The first kappa shape index (κ1) is 51.6. The van der Waals surface area contributed by atoms with Gasteiger partial charge in [-0.1, -0.05) is 156 Å². The Bertz CT molecular complexity index is 736. The average molecular weight is 756 g/mol. The first-order valence-electron chi connectivity index (χ1n) is 23.0. The van der Waals surface area contributed by atoms with Crippen LogP contribution in [0.1, 0.15) is 220 Å². The number of carbonyl (C=O) groups is 2. The van der Waals surface area contributed by atoms with Crippen LogP contribution >= 0.6 is 0 Å². The molecule has 0 aliphatic heterocycles. The first-order chi connectivity index (χ1) is 26.1. The van der Waals surface area contributed by atoms with Crippen molar-refractivity contribution in [2.75, 3.05) is 52.7 Å². The van der Waals surface area contributed by atoms with Gasteiger partial charge in [-0.25, -0.2) is 4.79 Å².